The summed E-state index contributed by atoms with van der Waals surface area (Å²) < 4.78 is 44.4. The number of amides is 2. The summed E-state index contributed by atoms with van der Waals surface area (Å²) in [6.07, 6.45) is -0.609. The molecule has 0 aliphatic carbocycles. The zero-order valence-electron chi connectivity index (χ0n) is 28.2. The lowest BCUT2D eigenvalue weighted by Crippen LogP contribution is -2.41. The number of anilines is 2. The van der Waals surface area contributed by atoms with Gasteiger partial charge in [-0.1, -0.05) is 30.0 Å². The molecular formula is C37H39F3N8O2. The summed E-state index contributed by atoms with van der Waals surface area (Å²) in [5.41, 5.74) is 9.83. The summed E-state index contributed by atoms with van der Waals surface area (Å²) in [7, 11) is 5.78. The molecule has 2 aliphatic rings. The van der Waals surface area contributed by atoms with E-state index >= 15 is 0 Å². The number of piperidine rings is 1. The number of nitrogens with zero attached hydrogens (tertiary/aromatic N) is 5. The highest BCUT2D eigenvalue weighted by molar-refractivity contribution is 5.98. The van der Waals surface area contributed by atoms with E-state index in [-0.39, 0.29) is 42.1 Å². The number of likely N-dealkylation sites (tertiary alicyclic amines) is 1. The van der Waals surface area contributed by atoms with E-state index in [1.54, 1.807) is 30.3 Å². The predicted octanol–water partition coefficient (Wildman–Crippen LogP) is 4.48. The molecule has 0 spiro atoms. The topological polar surface area (TPSA) is 121 Å². The highest BCUT2D eigenvalue weighted by Crippen LogP contribution is 2.35. The minimum absolute atomic E-state index is 0.0648. The minimum Gasteiger partial charge on any atom is -0.368 e. The first-order valence-electron chi connectivity index (χ1n) is 16.4. The van der Waals surface area contributed by atoms with Gasteiger partial charge in [-0.15, -0.1) is 0 Å². The van der Waals surface area contributed by atoms with Crippen LogP contribution in [0.4, 0.5) is 24.8 Å². The van der Waals surface area contributed by atoms with Crippen LogP contribution < -0.4 is 16.4 Å². The van der Waals surface area contributed by atoms with Crippen molar-refractivity contribution in [1.29, 1.82) is 0 Å². The Morgan fingerprint density at radius 2 is 1.90 bits per heavy atom. The van der Waals surface area contributed by atoms with E-state index in [2.05, 4.69) is 37.3 Å². The first kappa shape index (κ1) is 34.7. The number of fused-ring (bicyclic) bond motifs is 1. The summed E-state index contributed by atoms with van der Waals surface area (Å²) >= 11 is 0. The highest BCUT2D eigenvalue weighted by Gasteiger charge is 2.34. The van der Waals surface area contributed by atoms with Crippen LogP contribution in [0.15, 0.2) is 54.7 Å². The zero-order chi connectivity index (χ0) is 35.6. The van der Waals surface area contributed by atoms with Crippen molar-refractivity contribution in [3.8, 4) is 23.2 Å². The monoisotopic (exact) mass is 684 g/mol. The Kier molecular flexibility index (Phi) is 9.95. The number of nitrogens with two attached hydrogens (primary N) is 1. The number of nitrogen functional groups attached to an aromatic ring is 1. The second-order valence-electron chi connectivity index (χ2n) is 12.9. The van der Waals surface area contributed by atoms with E-state index in [4.69, 9.17) is 5.73 Å². The molecule has 0 radical (unpaired) electrons. The lowest BCUT2D eigenvalue weighted by atomic mass is 10.0. The maximum atomic E-state index is 14.1. The zero-order valence-corrected chi connectivity index (χ0v) is 28.2. The fourth-order valence-corrected chi connectivity index (χ4v) is 6.62. The van der Waals surface area contributed by atoms with Crippen molar-refractivity contribution in [2.75, 3.05) is 44.8 Å². The Balaban J connectivity index is 1.16. The fraction of sp³-hybridized carbons (Fsp3) is 0.351. The highest BCUT2D eigenvalue weighted by atomic mass is 19.4. The summed E-state index contributed by atoms with van der Waals surface area (Å²) in [5, 5.41) is 5.48. The standard InChI is InChI=1S/C37H39F3N8O2/c1-46-15-12-28(13-16-46)47(2)22-26-9-10-27(19-30(26)37(38,39)40)44-33(49)18-24-6-4-5-23(17-24)7-8-25-21-43-36(41)45-34(25)32-20-29-31(48(32)3)11-14-42-35(29)50/h4-6,9-10,17,19-21,28H,11-16,18,22H2,1-3H3,(H,42,50)(H,44,49)(H2,41,43,45). The van der Waals surface area contributed by atoms with Crippen LogP contribution in [-0.4, -0.2) is 75.9 Å². The van der Waals surface area contributed by atoms with E-state index in [9.17, 15) is 22.8 Å². The van der Waals surface area contributed by atoms with Gasteiger partial charge in [0.05, 0.1) is 28.8 Å². The van der Waals surface area contributed by atoms with Crippen LogP contribution in [0.1, 0.15) is 56.7 Å². The van der Waals surface area contributed by atoms with Crippen molar-refractivity contribution in [3.63, 3.8) is 0 Å². The van der Waals surface area contributed by atoms with E-state index < -0.39 is 17.6 Å². The SMILES string of the molecule is CN1CCC(N(C)Cc2ccc(NC(=O)Cc3cccc(C#Cc4cnc(N)nc4-c4cc5c(n4C)CCNC5=O)c3)cc2C(F)(F)F)CC1. The maximum absolute atomic E-state index is 14.1. The second-order valence-corrected chi connectivity index (χ2v) is 12.9. The van der Waals surface area contributed by atoms with Crippen molar-refractivity contribution in [2.24, 2.45) is 7.05 Å². The molecule has 0 atom stereocenters. The maximum Gasteiger partial charge on any atom is 0.416 e. The van der Waals surface area contributed by atoms with Crippen molar-refractivity contribution in [3.05, 3.63) is 93.8 Å². The number of alkyl halides is 3. The molecule has 260 valence electrons. The summed E-state index contributed by atoms with van der Waals surface area (Å²) in [4.78, 5) is 38.2. The Morgan fingerprint density at radius 3 is 2.64 bits per heavy atom. The third-order valence-electron chi connectivity index (χ3n) is 9.36. The first-order valence-corrected chi connectivity index (χ1v) is 16.4. The molecule has 4 aromatic rings. The van der Waals surface area contributed by atoms with Crippen LogP contribution >= 0.6 is 0 Å². The summed E-state index contributed by atoms with van der Waals surface area (Å²) in [5.74, 6) is 5.66. The van der Waals surface area contributed by atoms with Crippen LogP contribution in [0, 0.1) is 11.8 Å². The average Bonchev–Trinajstić information content (AvgIpc) is 3.42. The number of aromatic nitrogens is 3. The predicted molar refractivity (Wildman–Crippen MR) is 185 cm³/mol. The third-order valence-corrected chi connectivity index (χ3v) is 9.36. The van der Waals surface area contributed by atoms with Crippen molar-refractivity contribution in [1.82, 2.24) is 29.7 Å². The van der Waals surface area contributed by atoms with Gasteiger partial charge in [0.25, 0.3) is 5.91 Å². The van der Waals surface area contributed by atoms with Gasteiger partial charge in [0.15, 0.2) is 0 Å². The number of hydrogen-bond donors (Lipinski definition) is 3. The lowest BCUT2D eigenvalue weighted by molar-refractivity contribution is -0.138. The van der Waals surface area contributed by atoms with Gasteiger partial charge in [0.2, 0.25) is 11.9 Å². The molecule has 13 heteroatoms. The first-order chi connectivity index (χ1) is 23.9. The molecule has 6 rings (SSSR count). The number of benzene rings is 2. The van der Waals surface area contributed by atoms with Gasteiger partial charge in [0.1, 0.15) is 5.69 Å². The van der Waals surface area contributed by atoms with Gasteiger partial charge in [0, 0.05) is 55.7 Å². The molecular weight excluding hydrogens is 645 g/mol. The number of halogens is 3. The van der Waals surface area contributed by atoms with E-state index in [0.29, 0.717) is 46.6 Å². The molecule has 1 fully saturated rings. The number of nitrogens with one attached hydrogen (secondary N) is 2. The van der Waals surface area contributed by atoms with Crippen molar-refractivity contribution >= 4 is 23.5 Å². The van der Waals surface area contributed by atoms with Crippen LogP contribution in [0.2, 0.25) is 0 Å². The molecule has 0 saturated carbocycles. The van der Waals surface area contributed by atoms with Crippen LogP contribution in [0.3, 0.4) is 0 Å². The molecule has 50 heavy (non-hydrogen) atoms. The largest absolute Gasteiger partial charge is 0.416 e. The van der Waals surface area contributed by atoms with Gasteiger partial charge in [-0.25, -0.2) is 9.97 Å². The van der Waals surface area contributed by atoms with Gasteiger partial charge in [-0.3, -0.25) is 14.5 Å². The lowest BCUT2D eigenvalue weighted by Gasteiger charge is -2.35. The van der Waals surface area contributed by atoms with E-state index in [1.807, 2.05) is 30.6 Å². The molecule has 0 unspecified atom stereocenters. The molecule has 4 N–H and O–H groups in total. The quantitative estimate of drug-likeness (QED) is 0.246. The van der Waals surface area contributed by atoms with Crippen LogP contribution in [0.5, 0.6) is 0 Å². The van der Waals surface area contributed by atoms with Crippen LogP contribution in [-0.2, 0) is 37.4 Å². The van der Waals surface area contributed by atoms with E-state index in [0.717, 1.165) is 37.7 Å². The normalized spacial score (nSPS) is 15.3. The molecule has 4 heterocycles. The Hall–Kier alpha value is -5.19. The van der Waals surface area contributed by atoms with E-state index in [1.165, 1.54) is 18.3 Å². The molecule has 2 aromatic carbocycles. The van der Waals surface area contributed by atoms with Gasteiger partial charge < -0.3 is 25.8 Å². The molecule has 2 aromatic heterocycles. The number of carbonyl (C=O) groups excluding carboxylic acids is 2. The molecule has 2 amide bonds. The third kappa shape index (κ3) is 7.82. The summed E-state index contributed by atoms with van der Waals surface area (Å²) in [6, 6.07) is 13.0. The molecule has 1 saturated heterocycles. The van der Waals surface area contributed by atoms with Gasteiger partial charge in [-0.2, -0.15) is 13.2 Å². The molecule has 10 nitrogen and oxygen atoms in total. The fourth-order valence-electron chi connectivity index (χ4n) is 6.62. The van der Waals surface area contributed by atoms with Gasteiger partial charge in [-0.05, 0) is 81.5 Å². The number of rotatable bonds is 7. The molecule has 0 bridgehead atoms. The molecule has 2 aliphatic heterocycles. The smallest absolute Gasteiger partial charge is 0.368 e. The van der Waals surface area contributed by atoms with Gasteiger partial charge >= 0.3 is 6.18 Å². The average molecular weight is 685 g/mol. The number of hydrogen-bond acceptors (Lipinski definition) is 7. The summed E-state index contributed by atoms with van der Waals surface area (Å²) in [6.45, 7) is 2.54. The minimum atomic E-state index is -4.57. The Bertz CT molecular complexity index is 1990. The van der Waals surface area contributed by atoms with Crippen LogP contribution in [0.25, 0.3) is 11.4 Å². The Labute approximate surface area is 288 Å². The van der Waals surface area contributed by atoms with Crippen molar-refractivity contribution < 1.29 is 22.8 Å². The Morgan fingerprint density at radius 1 is 1.12 bits per heavy atom. The number of carbonyl (C=O) groups is 2. The second kappa shape index (κ2) is 14.3. The van der Waals surface area contributed by atoms with Crippen molar-refractivity contribution in [2.45, 2.75) is 44.4 Å².